The highest BCUT2D eigenvalue weighted by molar-refractivity contribution is 7.89. The molecule has 2 N–H and O–H groups in total. The Hall–Kier alpha value is -0.980. The average Bonchev–Trinajstić information content (AvgIpc) is 2.28. The molecule has 4 nitrogen and oxygen atoms in total. The largest absolute Gasteiger partial charge is 0.392 e. The Bertz CT molecular complexity index is 580. The van der Waals surface area contributed by atoms with Crippen LogP contribution in [0.15, 0.2) is 23.1 Å². The van der Waals surface area contributed by atoms with Gasteiger partial charge in [0, 0.05) is 6.04 Å². The third-order valence-corrected chi connectivity index (χ3v) is 5.12. The number of benzene rings is 1. The highest BCUT2D eigenvalue weighted by Gasteiger charge is 2.27. The Morgan fingerprint density at radius 1 is 1.32 bits per heavy atom. The predicted octanol–water partition coefficient (Wildman–Crippen LogP) is 1.99. The highest BCUT2D eigenvalue weighted by atomic mass is 32.2. The Balaban J connectivity index is 3.26. The molecule has 19 heavy (non-hydrogen) atoms. The second-order valence-corrected chi connectivity index (χ2v) is 7.27. The quantitative estimate of drug-likeness (QED) is 0.845. The van der Waals surface area contributed by atoms with E-state index in [0.29, 0.717) is 0 Å². The molecule has 1 aromatic rings. The maximum atomic E-state index is 12.6. The maximum absolute atomic E-state index is 12.6. The molecule has 6 heteroatoms. The summed E-state index contributed by atoms with van der Waals surface area (Å²) in [5.74, 6) is 0. The molecule has 0 bridgehead atoms. The van der Waals surface area contributed by atoms with E-state index >= 15 is 0 Å². The van der Waals surface area contributed by atoms with E-state index in [4.69, 9.17) is 18.0 Å². The van der Waals surface area contributed by atoms with Crippen LogP contribution in [0, 0.1) is 13.8 Å². The van der Waals surface area contributed by atoms with Gasteiger partial charge in [-0.05, 0) is 51.0 Å². The van der Waals surface area contributed by atoms with Crippen LogP contribution in [0.2, 0.25) is 0 Å². The molecule has 0 saturated heterocycles. The molecule has 0 atom stereocenters. The van der Waals surface area contributed by atoms with Crippen molar-refractivity contribution in [1.82, 2.24) is 4.31 Å². The lowest BCUT2D eigenvalue weighted by molar-refractivity contribution is 0.391. The lowest BCUT2D eigenvalue weighted by Gasteiger charge is -2.25. The summed E-state index contributed by atoms with van der Waals surface area (Å²) in [5, 5.41) is 0. The molecule has 0 aliphatic heterocycles. The normalized spacial score (nSPS) is 12.1. The molecule has 0 saturated carbocycles. The number of sulfonamides is 1. The van der Waals surface area contributed by atoms with Crippen LogP contribution in [0.5, 0.6) is 0 Å². The van der Waals surface area contributed by atoms with E-state index < -0.39 is 10.0 Å². The van der Waals surface area contributed by atoms with Gasteiger partial charge in [-0.3, -0.25) is 0 Å². The smallest absolute Gasteiger partial charge is 0.243 e. The number of hydrogen-bond donors (Lipinski definition) is 1. The first kappa shape index (κ1) is 16.1. The van der Waals surface area contributed by atoms with Crippen molar-refractivity contribution in [3.05, 3.63) is 29.3 Å². The lowest BCUT2D eigenvalue weighted by atomic mass is 10.1. The van der Waals surface area contributed by atoms with Crippen molar-refractivity contribution >= 4 is 27.2 Å². The van der Waals surface area contributed by atoms with Gasteiger partial charge >= 0.3 is 0 Å². The van der Waals surface area contributed by atoms with E-state index in [1.807, 2.05) is 19.9 Å². The summed E-state index contributed by atoms with van der Waals surface area (Å²) in [7, 11) is -3.57. The highest BCUT2D eigenvalue weighted by Crippen LogP contribution is 2.20. The van der Waals surface area contributed by atoms with Crippen LogP contribution >= 0.6 is 12.2 Å². The first-order valence-electron chi connectivity index (χ1n) is 6.03. The monoisotopic (exact) mass is 300 g/mol. The van der Waals surface area contributed by atoms with Crippen LogP contribution in [-0.2, 0) is 10.0 Å². The molecule has 0 unspecified atom stereocenters. The summed E-state index contributed by atoms with van der Waals surface area (Å²) in [5.41, 5.74) is 7.49. The molecular weight excluding hydrogens is 280 g/mol. The van der Waals surface area contributed by atoms with Gasteiger partial charge in [-0.15, -0.1) is 0 Å². The van der Waals surface area contributed by atoms with E-state index in [1.165, 1.54) is 4.31 Å². The van der Waals surface area contributed by atoms with E-state index in [0.717, 1.165) is 11.1 Å². The summed E-state index contributed by atoms with van der Waals surface area (Å²) in [6.45, 7) is 7.50. The minimum absolute atomic E-state index is 0.0578. The molecule has 0 aliphatic carbocycles. The van der Waals surface area contributed by atoms with Gasteiger partial charge in [-0.25, -0.2) is 8.42 Å². The minimum atomic E-state index is -3.57. The zero-order valence-electron chi connectivity index (χ0n) is 11.7. The third kappa shape index (κ3) is 3.75. The van der Waals surface area contributed by atoms with Crippen LogP contribution in [0.1, 0.15) is 25.0 Å². The predicted molar refractivity (Wildman–Crippen MR) is 81.7 cm³/mol. The Labute approximate surface area is 120 Å². The van der Waals surface area contributed by atoms with Crippen molar-refractivity contribution in [2.75, 3.05) is 6.54 Å². The second kappa shape index (κ2) is 5.98. The number of rotatable bonds is 5. The van der Waals surface area contributed by atoms with Crippen LogP contribution in [0.25, 0.3) is 0 Å². The SMILES string of the molecule is Cc1ccc(S(=O)(=O)N(CC(N)=S)C(C)C)cc1C. The summed E-state index contributed by atoms with van der Waals surface area (Å²) in [4.78, 5) is 0.446. The Kier molecular flexibility index (Phi) is 5.06. The van der Waals surface area contributed by atoms with Crippen LogP contribution < -0.4 is 5.73 Å². The van der Waals surface area contributed by atoms with Crippen molar-refractivity contribution in [2.24, 2.45) is 5.73 Å². The fourth-order valence-electron chi connectivity index (χ4n) is 1.71. The van der Waals surface area contributed by atoms with Gasteiger partial charge < -0.3 is 5.73 Å². The molecule has 0 spiro atoms. The van der Waals surface area contributed by atoms with E-state index in [-0.39, 0.29) is 22.5 Å². The molecule has 0 aliphatic rings. The minimum Gasteiger partial charge on any atom is -0.392 e. The molecule has 0 aromatic heterocycles. The standard InChI is InChI=1S/C13H20N2O2S2/c1-9(2)15(8-13(14)18)19(16,17)12-6-5-10(3)11(4)7-12/h5-7,9H,8H2,1-4H3,(H2,14,18). The van der Waals surface area contributed by atoms with Crippen molar-refractivity contribution in [3.8, 4) is 0 Å². The number of hydrogen-bond acceptors (Lipinski definition) is 3. The topological polar surface area (TPSA) is 63.4 Å². The van der Waals surface area contributed by atoms with E-state index in [1.54, 1.807) is 26.0 Å². The summed E-state index contributed by atoms with van der Waals surface area (Å²) in [6, 6.07) is 4.90. The third-order valence-electron chi connectivity index (χ3n) is 2.97. The van der Waals surface area contributed by atoms with E-state index in [9.17, 15) is 8.42 Å². The second-order valence-electron chi connectivity index (χ2n) is 4.86. The zero-order chi connectivity index (χ0) is 14.8. The molecule has 1 aromatic carbocycles. The fourth-order valence-corrected chi connectivity index (χ4v) is 3.63. The average molecular weight is 300 g/mol. The fraction of sp³-hybridized carbons (Fsp3) is 0.462. The van der Waals surface area contributed by atoms with Gasteiger partial charge in [0.25, 0.3) is 0 Å². The Morgan fingerprint density at radius 2 is 1.89 bits per heavy atom. The van der Waals surface area contributed by atoms with Gasteiger partial charge in [-0.2, -0.15) is 4.31 Å². The first-order valence-corrected chi connectivity index (χ1v) is 7.88. The van der Waals surface area contributed by atoms with Gasteiger partial charge in [0.15, 0.2) is 0 Å². The number of aryl methyl sites for hydroxylation is 2. The van der Waals surface area contributed by atoms with Crippen molar-refractivity contribution in [1.29, 1.82) is 0 Å². The van der Waals surface area contributed by atoms with Crippen molar-refractivity contribution in [3.63, 3.8) is 0 Å². The maximum Gasteiger partial charge on any atom is 0.243 e. The number of nitrogens with two attached hydrogens (primary N) is 1. The van der Waals surface area contributed by atoms with Crippen LogP contribution in [-0.4, -0.2) is 30.3 Å². The molecule has 0 amide bonds. The zero-order valence-corrected chi connectivity index (χ0v) is 13.3. The van der Waals surface area contributed by atoms with Gasteiger partial charge in [-0.1, -0.05) is 18.3 Å². The van der Waals surface area contributed by atoms with Crippen LogP contribution in [0.4, 0.5) is 0 Å². The van der Waals surface area contributed by atoms with Crippen molar-refractivity contribution in [2.45, 2.75) is 38.6 Å². The number of thiocarbonyl (C=S) groups is 1. The molecule has 0 radical (unpaired) electrons. The summed E-state index contributed by atoms with van der Waals surface area (Å²) in [6.07, 6.45) is 0. The lowest BCUT2D eigenvalue weighted by Crippen LogP contribution is -2.42. The molecule has 0 fully saturated rings. The van der Waals surface area contributed by atoms with E-state index in [2.05, 4.69) is 0 Å². The molecule has 106 valence electrons. The van der Waals surface area contributed by atoms with Gasteiger partial charge in [0.05, 0.1) is 16.4 Å². The Morgan fingerprint density at radius 3 is 2.32 bits per heavy atom. The summed E-state index contributed by atoms with van der Waals surface area (Å²) >= 11 is 4.83. The first-order chi connectivity index (χ1) is 8.66. The van der Waals surface area contributed by atoms with Gasteiger partial charge in [0.2, 0.25) is 10.0 Å². The summed E-state index contributed by atoms with van der Waals surface area (Å²) < 4.78 is 26.5. The van der Waals surface area contributed by atoms with Crippen molar-refractivity contribution < 1.29 is 8.42 Å². The molecule has 1 rings (SSSR count). The van der Waals surface area contributed by atoms with Gasteiger partial charge in [0.1, 0.15) is 0 Å². The molecular formula is C13H20N2O2S2. The molecule has 0 heterocycles. The van der Waals surface area contributed by atoms with Crippen LogP contribution in [0.3, 0.4) is 0 Å². The number of nitrogens with zero attached hydrogens (tertiary/aromatic N) is 1.